The summed E-state index contributed by atoms with van der Waals surface area (Å²) < 4.78 is 0. The van der Waals surface area contributed by atoms with Gasteiger partial charge in [-0.25, -0.2) is 4.79 Å². The molecule has 2 rings (SSSR count). The van der Waals surface area contributed by atoms with E-state index in [1.165, 1.54) is 5.69 Å². The zero-order valence-corrected chi connectivity index (χ0v) is 11.2. The molecule has 1 heterocycles. The SMILES string of the molecule is CC(CO)NC(=O)NC1CCN(c2ccccc2)C1. The largest absolute Gasteiger partial charge is 0.394 e. The van der Waals surface area contributed by atoms with Gasteiger partial charge in [0.15, 0.2) is 0 Å². The van der Waals surface area contributed by atoms with Crippen LogP contribution in [0.4, 0.5) is 10.5 Å². The lowest BCUT2D eigenvalue weighted by atomic mass is 10.2. The van der Waals surface area contributed by atoms with Crippen LogP contribution in [-0.4, -0.2) is 42.9 Å². The highest BCUT2D eigenvalue weighted by Gasteiger charge is 2.24. The molecule has 1 aromatic rings. The van der Waals surface area contributed by atoms with Crippen LogP contribution in [0.15, 0.2) is 30.3 Å². The van der Waals surface area contributed by atoms with Gasteiger partial charge in [0.1, 0.15) is 0 Å². The number of nitrogens with zero attached hydrogens (tertiary/aromatic N) is 1. The minimum absolute atomic E-state index is 0.0474. The van der Waals surface area contributed by atoms with Gasteiger partial charge in [0.25, 0.3) is 0 Å². The summed E-state index contributed by atoms with van der Waals surface area (Å²) in [5, 5.41) is 14.5. The Kier molecular flexibility index (Phi) is 4.63. The number of urea groups is 1. The molecule has 2 amide bonds. The summed E-state index contributed by atoms with van der Waals surface area (Å²) in [5.41, 5.74) is 1.19. The molecule has 0 saturated carbocycles. The zero-order chi connectivity index (χ0) is 13.7. The lowest BCUT2D eigenvalue weighted by Crippen LogP contribution is -2.47. The zero-order valence-electron chi connectivity index (χ0n) is 11.2. The van der Waals surface area contributed by atoms with Crippen molar-refractivity contribution in [1.29, 1.82) is 0 Å². The first kappa shape index (κ1) is 13.7. The Morgan fingerprint density at radius 2 is 2.21 bits per heavy atom. The third-order valence-electron chi connectivity index (χ3n) is 3.30. The predicted octanol–water partition coefficient (Wildman–Crippen LogP) is 0.945. The maximum absolute atomic E-state index is 11.7. The van der Waals surface area contributed by atoms with Gasteiger partial charge in [-0.2, -0.15) is 0 Å². The topological polar surface area (TPSA) is 64.6 Å². The number of anilines is 1. The molecule has 5 heteroatoms. The van der Waals surface area contributed by atoms with Crippen LogP contribution in [0.2, 0.25) is 0 Å². The number of carbonyl (C=O) groups is 1. The van der Waals surface area contributed by atoms with Crippen LogP contribution in [-0.2, 0) is 0 Å². The molecule has 5 nitrogen and oxygen atoms in total. The summed E-state index contributed by atoms with van der Waals surface area (Å²) in [6, 6.07) is 9.93. The Bertz CT molecular complexity index is 410. The van der Waals surface area contributed by atoms with Crippen molar-refractivity contribution >= 4 is 11.7 Å². The van der Waals surface area contributed by atoms with E-state index in [4.69, 9.17) is 5.11 Å². The first-order chi connectivity index (χ1) is 9.19. The van der Waals surface area contributed by atoms with Gasteiger partial charge in [-0.15, -0.1) is 0 Å². The van der Waals surface area contributed by atoms with E-state index in [9.17, 15) is 4.79 Å². The molecular formula is C14H21N3O2. The fourth-order valence-electron chi connectivity index (χ4n) is 2.25. The van der Waals surface area contributed by atoms with E-state index in [2.05, 4.69) is 27.7 Å². The van der Waals surface area contributed by atoms with Crippen molar-refractivity contribution in [2.45, 2.75) is 25.4 Å². The number of para-hydroxylation sites is 1. The Morgan fingerprint density at radius 1 is 1.47 bits per heavy atom. The number of nitrogens with one attached hydrogen (secondary N) is 2. The first-order valence-electron chi connectivity index (χ1n) is 6.67. The average molecular weight is 263 g/mol. The maximum atomic E-state index is 11.7. The van der Waals surface area contributed by atoms with Crippen molar-refractivity contribution < 1.29 is 9.90 Å². The Hall–Kier alpha value is -1.75. The predicted molar refractivity (Wildman–Crippen MR) is 75.3 cm³/mol. The quantitative estimate of drug-likeness (QED) is 0.757. The van der Waals surface area contributed by atoms with Crippen LogP contribution < -0.4 is 15.5 Å². The maximum Gasteiger partial charge on any atom is 0.315 e. The molecule has 1 aliphatic heterocycles. The Morgan fingerprint density at radius 3 is 2.89 bits per heavy atom. The molecule has 2 unspecified atom stereocenters. The highest BCUT2D eigenvalue weighted by Crippen LogP contribution is 2.19. The van der Waals surface area contributed by atoms with Gasteiger partial charge in [0, 0.05) is 24.8 Å². The fourth-order valence-corrected chi connectivity index (χ4v) is 2.25. The van der Waals surface area contributed by atoms with Crippen molar-refractivity contribution in [2.24, 2.45) is 0 Å². The number of hydrogen-bond acceptors (Lipinski definition) is 3. The van der Waals surface area contributed by atoms with Gasteiger partial charge < -0.3 is 20.6 Å². The molecule has 0 spiro atoms. The van der Waals surface area contributed by atoms with Crippen LogP contribution in [0.3, 0.4) is 0 Å². The number of aliphatic hydroxyl groups excluding tert-OH is 1. The van der Waals surface area contributed by atoms with Crippen LogP contribution in [0.25, 0.3) is 0 Å². The third-order valence-corrected chi connectivity index (χ3v) is 3.30. The molecule has 3 N–H and O–H groups in total. The second-order valence-electron chi connectivity index (χ2n) is 4.97. The van der Waals surface area contributed by atoms with Crippen molar-refractivity contribution in [3.63, 3.8) is 0 Å². The first-order valence-corrected chi connectivity index (χ1v) is 6.67. The van der Waals surface area contributed by atoms with Gasteiger partial charge in [0.05, 0.1) is 12.6 Å². The lowest BCUT2D eigenvalue weighted by molar-refractivity contribution is 0.218. The van der Waals surface area contributed by atoms with Crippen LogP contribution in [0.5, 0.6) is 0 Å². The molecule has 1 fully saturated rings. The van der Waals surface area contributed by atoms with Crippen molar-refractivity contribution in [2.75, 3.05) is 24.6 Å². The minimum Gasteiger partial charge on any atom is -0.394 e. The molecule has 19 heavy (non-hydrogen) atoms. The molecule has 1 aliphatic rings. The molecule has 1 aromatic carbocycles. The number of carbonyl (C=O) groups excluding carboxylic acids is 1. The number of hydrogen-bond donors (Lipinski definition) is 3. The lowest BCUT2D eigenvalue weighted by Gasteiger charge is -2.19. The smallest absolute Gasteiger partial charge is 0.315 e. The molecule has 0 radical (unpaired) electrons. The van der Waals surface area contributed by atoms with E-state index in [-0.39, 0.29) is 24.7 Å². The highest BCUT2D eigenvalue weighted by atomic mass is 16.3. The summed E-state index contributed by atoms with van der Waals surface area (Å²) in [7, 11) is 0. The number of amides is 2. The summed E-state index contributed by atoms with van der Waals surface area (Å²) >= 11 is 0. The number of benzene rings is 1. The average Bonchev–Trinajstić information content (AvgIpc) is 2.88. The van der Waals surface area contributed by atoms with Gasteiger partial charge >= 0.3 is 6.03 Å². The van der Waals surface area contributed by atoms with E-state index in [0.717, 1.165) is 19.5 Å². The molecule has 0 bridgehead atoms. The summed E-state index contributed by atoms with van der Waals surface area (Å²) in [5.74, 6) is 0. The standard InChI is InChI=1S/C14H21N3O2/c1-11(10-18)15-14(19)16-12-7-8-17(9-12)13-5-3-2-4-6-13/h2-6,11-12,18H,7-10H2,1H3,(H2,15,16,19). The number of rotatable bonds is 4. The van der Waals surface area contributed by atoms with E-state index >= 15 is 0 Å². The van der Waals surface area contributed by atoms with Crippen LogP contribution in [0, 0.1) is 0 Å². The van der Waals surface area contributed by atoms with Crippen LogP contribution in [0.1, 0.15) is 13.3 Å². The van der Waals surface area contributed by atoms with Gasteiger partial charge in [0.2, 0.25) is 0 Å². The molecular weight excluding hydrogens is 242 g/mol. The van der Waals surface area contributed by atoms with Gasteiger partial charge in [-0.3, -0.25) is 0 Å². The Balaban J connectivity index is 1.81. The summed E-state index contributed by atoms with van der Waals surface area (Å²) in [6.07, 6.45) is 0.940. The van der Waals surface area contributed by atoms with E-state index in [1.807, 2.05) is 18.2 Å². The molecule has 1 saturated heterocycles. The minimum atomic E-state index is -0.216. The summed E-state index contributed by atoms with van der Waals surface area (Å²) in [4.78, 5) is 13.9. The van der Waals surface area contributed by atoms with Gasteiger partial charge in [-0.1, -0.05) is 18.2 Å². The second-order valence-corrected chi connectivity index (χ2v) is 4.97. The Labute approximate surface area is 113 Å². The molecule has 2 atom stereocenters. The van der Waals surface area contributed by atoms with Crippen molar-refractivity contribution in [3.8, 4) is 0 Å². The van der Waals surface area contributed by atoms with E-state index < -0.39 is 0 Å². The van der Waals surface area contributed by atoms with Crippen molar-refractivity contribution in [3.05, 3.63) is 30.3 Å². The normalized spacial score (nSPS) is 20.1. The number of aliphatic hydroxyl groups is 1. The molecule has 104 valence electrons. The van der Waals surface area contributed by atoms with E-state index in [0.29, 0.717) is 0 Å². The molecule has 0 aromatic heterocycles. The molecule has 0 aliphatic carbocycles. The second kappa shape index (κ2) is 6.43. The van der Waals surface area contributed by atoms with Crippen molar-refractivity contribution in [1.82, 2.24) is 10.6 Å². The monoisotopic (exact) mass is 263 g/mol. The fraction of sp³-hybridized carbons (Fsp3) is 0.500. The van der Waals surface area contributed by atoms with Crippen LogP contribution >= 0.6 is 0 Å². The third kappa shape index (κ3) is 3.86. The highest BCUT2D eigenvalue weighted by molar-refractivity contribution is 5.74. The van der Waals surface area contributed by atoms with Gasteiger partial charge in [-0.05, 0) is 25.5 Å². The van der Waals surface area contributed by atoms with E-state index in [1.54, 1.807) is 6.92 Å². The summed E-state index contributed by atoms with van der Waals surface area (Å²) in [6.45, 7) is 3.49.